The first kappa shape index (κ1) is 19.0. The molecule has 0 radical (unpaired) electrons. The van der Waals surface area contributed by atoms with Crippen LogP contribution in [0.2, 0.25) is 0 Å². The smallest absolute Gasteiger partial charge is 0.320 e. The normalized spacial score (nSPS) is 14.8. The summed E-state index contributed by atoms with van der Waals surface area (Å²) in [5.41, 5.74) is 0. The zero-order chi connectivity index (χ0) is 14.3. The number of urea groups is 1. The molecule has 1 saturated heterocycles. The van der Waals surface area contributed by atoms with Crippen molar-refractivity contribution in [2.75, 3.05) is 52.9 Å². The monoisotopic (exact) mass is 306 g/mol. The molecule has 0 aliphatic carbocycles. The predicted molar refractivity (Wildman–Crippen MR) is 82.3 cm³/mol. The molecule has 1 rings (SSSR count). The van der Waals surface area contributed by atoms with E-state index in [1.165, 1.54) is 0 Å². The van der Waals surface area contributed by atoms with Gasteiger partial charge in [-0.05, 0) is 20.9 Å². The summed E-state index contributed by atoms with van der Waals surface area (Å²) in [5, 5.41) is 2.98. The second-order valence-corrected chi connectivity index (χ2v) is 4.68. The summed E-state index contributed by atoms with van der Waals surface area (Å²) < 4.78 is 0. The van der Waals surface area contributed by atoms with Crippen LogP contribution >= 0.6 is 12.4 Å². The minimum atomic E-state index is 0. The largest absolute Gasteiger partial charge is 0.339 e. The van der Waals surface area contributed by atoms with E-state index in [1.54, 1.807) is 0 Å². The first-order valence-corrected chi connectivity index (χ1v) is 7.10. The molecule has 3 amide bonds. The van der Waals surface area contributed by atoms with Gasteiger partial charge in [-0.15, -0.1) is 12.4 Å². The van der Waals surface area contributed by atoms with Gasteiger partial charge in [0.2, 0.25) is 5.91 Å². The van der Waals surface area contributed by atoms with Gasteiger partial charge < -0.3 is 20.0 Å². The number of amides is 3. The van der Waals surface area contributed by atoms with Gasteiger partial charge in [-0.1, -0.05) is 0 Å². The molecule has 0 atom stereocenters. The van der Waals surface area contributed by atoms with Gasteiger partial charge in [0.1, 0.15) is 0 Å². The molecule has 0 unspecified atom stereocenters. The SMILES string of the molecule is CCN(CC)C(=O)N1CCN(C(=O)CCNC)CC1.Cl. The number of halogens is 1. The van der Waals surface area contributed by atoms with Gasteiger partial charge in [-0.2, -0.15) is 0 Å². The van der Waals surface area contributed by atoms with Crippen molar-refractivity contribution in [3.63, 3.8) is 0 Å². The van der Waals surface area contributed by atoms with Gasteiger partial charge in [0.25, 0.3) is 0 Å². The molecule has 1 aliphatic heterocycles. The van der Waals surface area contributed by atoms with Crippen molar-refractivity contribution in [3.05, 3.63) is 0 Å². The summed E-state index contributed by atoms with van der Waals surface area (Å²) in [7, 11) is 1.84. The fourth-order valence-corrected chi connectivity index (χ4v) is 2.23. The Balaban J connectivity index is 0.00000361. The van der Waals surface area contributed by atoms with Gasteiger partial charge in [0.15, 0.2) is 0 Å². The summed E-state index contributed by atoms with van der Waals surface area (Å²) in [6.45, 7) is 8.72. The van der Waals surface area contributed by atoms with Crippen LogP contribution in [0.1, 0.15) is 20.3 Å². The van der Waals surface area contributed by atoms with Crippen molar-refractivity contribution in [1.82, 2.24) is 20.0 Å². The van der Waals surface area contributed by atoms with Crippen LogP contribution in [-0.2, 0) is 4.79 Å². The topological polar surface area (TPSA) is 55.9 Å². The van der Waals surface area contributed by atoms with E-state index < -0.39 is 0 Å². The molecular weight excluding hydrogens is 280 g/mol. The summed E-state index contributed by atoms with van der Waals surface area (Å²) in [4.78, 5) is 29.5. The number of carbonyl (C=O) groups excluding carboxylic acids is 2. The number of piperazine rings is 1. The highest BCUT2D eigenvalue weighted by molar-refractivity contribution is 5.85. The fraction of sp³-hybridized carbons (Fsp3) is 0.846. The van der Waals surface area contributed by atoms with Crippen LogP contribution in [0, 0.1) is 0 Å². The molecule has 6 nitrogen and oxygen atoms in total. The Labute approximate surface area is 127 Å². The molecule has 0 spiro atoms. The van der Waals surface area contributed by atoms with E-state index in [2.05, 4.69) is 5.32 Å². The van der Waals surface area contributed by atoms with E-state index in [1.807, 2.05) is 35.6 Å². The van der Waals surface area contributed by atoms with Crippen LogP contribution in [0.3, 0.4) is 0 Å². The van der Waals surface area contributed by atoms with E-state index >= 15 is 0 Å². The highest BCUT2D eigenvalue weighted by Gasteiger charge is 2.25. The summed E-state index contributed by atoms with van der Waals surface area (Å²) in [6, 6.07) is 0.0901. The van der Waals surface area contributed by atoms with E-state index in [-0.39, 0.29) is 24.3 Å². The Morgan fingerprint density at radius 2 is 1.55 bits per heavy atom. The van der Waals surface area contributed by atoms with Gasteiger partial charge >= 0.3 is 6.03 Å². The second-order valence-electron chi connectivity index (χ2n) is 4.68. The van der Waals surface area contributed by atoms with Crippen LogP contribution in [0.5, 0.6) is 0 Å². The lowest BCUT2D eigenvalue weighted by molar-refractivity contribution is -0.132. The number of nitrogens with zero attached hydrogens (tertiary/aromatic N) is 3. The Hall–Kier alpha value is -1.01. The third-order valence-electron chi connectivity index (χ3n) is 3.53. The standard InChI is InChI=1S/C13H26N4O2.ClH/c1-4-15(5-2)13(19)17-10-8-16(9-11-17)12(18)6-7-14-3;/h14H,4-11H2,1-3H3;1H. The molecule has 1 heterocycles. The lowest BCUT2D eigenvalue weighted by atomic mass is 10.3. The molecule has 1 fully saturated rings. The maximum absolute atomic E-state index is 12.1. The van der Waals surface area contributed by atoms with Crippen molar-refractivity contribution in [3.8, 4) is 0 Å². The number of hydrogen-bond donors (Lipinski definition) is 1. The maximum atomic E-state index is 12.1. The highest BCUT2D eigenvalue weighted by Crippen LogP contribution is 2.07. The molecule has 0 aromatic carbocycles. The van der Waals surface area contributed by atoms with Crippen molar-refractivity contribution in [1.29, 1.82) is 0 Å². The lowest BCUT2D eigenvalue weighted by Gasteiger charge is -2.37. The molecule has 20 heavy (non-hydrogen) atoms. The molecule has 118 valence electrons. The Kier molecular flexibility index (Phi) is 9.33. The summed E-state index contributed by atoms with van der Waals surface area (Å²) in [5.74, 6) is 0.171. The van der Waals surface area contributed by atoms with Crippen LogP contribution in [0.15, 0.2) is 0 Å². The molecule has 0 bridgehead atoms. The number of nitrogens with one attached hydrogen (secondary N) is 1. The molecule has 0 aromatic rings. The zero-order valence-electron chi connectivity index (χ0n) is 12.7. The fourth-order valence-electron chi connectivity index (χ4n) is 2.23. The quantitative estimate of drug-likeness (QED) is 0.810. The number of carbonyl (C=O) groups is 2. The van der Waals surface area contributed by atoms with Gasteiger partial charge in [0.05, 0.1) is 0 Å². The molecule has 1 N–H and O–H groups in total. The Morgan fingerprint density at radius 3 is 2.00 bits per heavy atom. The van der Waals surface area contributed by atoms with Crippen molar-refractivity contribution in [2.45, 2.75) is 20.3 Å². The van der Waals surface area contributed by atoms with E-state index in [9.17, 15) is 9.59 Å². The van der Waals surface area contributed by atoms with Crippen molar-refractivity contribution >= 4 is 24.3 Å². The van der Waals surface area contributed by atoms with Gasteiger partial charge in [-0.25, -0.2) is 4.79 Å². The average Bonchev–Trinajstić information content (AvgIpc) is 2.46. The van der Waals surface area contributed by atoms with E-state index in [0.717, 1.165) is 13.1 Å². The third kappa shape index (κ3) is 5.17. The third-order valence-corrected chi connectivity index (χ3v) is 3.53. The number of rotatable bonds is 5. The Bertz CT molecular complexity index is 303. The molecule has 7 heteroatoms. The van der Waals surface area contributed by atoms with Crippen LogP contribution in [0.4, 0.5) is 4.79 Å². The molecule has 1 aliphatic rings. The van der Waals surface area contributed by atoms with Crippen molar-refractivity contribution in [2.24, 2.45) is 0 Å². The average molecular weight is 307 g/mol. The molecule has 0 saturated carbocycles. The predicted octanol–water partition coefficient (Wildman–Crippen LogP) is 0.624. The second kappa shape index (κ2) is 9.83. The van der Waals surface area contributed by atoms with Crippen LogP contribution < -0.4 is 5.32 Å². The highest BCUT2D eigenvalue weighted by atomic mass is 35.5. The number of hydrogen-bond acceptors (Lipinski definition) is 3. The van der Waals surface area contributed by atoms with Crippen LogP contribution in [-0.4, -0.2) is 79.5 Å². The minimum absolute atomic E-state index is 0. The van der Waals surface area contributed by atoms with Gasteiger partial charge in [-0.3, -0.25) is 4.79 Å². The van der Waals surface area contributed by atoms with Crippen molar-refractivity contribution < 1.29 is 9.59 Å². The molecular formula is C13H27ClN4O2. The van der Waals surface area contributed by atoms with Gasteiger partial charge in [0, 0.05) is 52.2 Å². The zero-order valence-corrected chi connectivity index (χ0v) is 13.5. The summed E-state index contributed by atoms with van der Waals surface area (Å²) in [6.07, 6.45) is 0.528. The first-order valence-electron chi connectivity index (χ1n) is 7.10. The summed E-state index contributed by atoms with van der Waals surface area (Å²) >= 11 is 0. The van der Waals surface area contributed by atoms with E-state index in [0.29, 0.717) is 39.1 Å². The maximum Gasteiger partial charge on any atom is 0.320 e. The Morgan fingerprint density at radius 1 is 1.05 bits per heavy atom. The van der Waals surface area contributed by atoms with Crippen LogP contribution in [0.25, 0.3) is 0 Å². The minimum Gasteiger partial charge on any atom is -0.339 e. The lowest BCUT2D eigenvalue weighted by Crippen LogP contribution is -2.54. The molecule has 0 aromatic heterocycles. The first-order chi connectivity index (χ1) is 9.13. The van der Waals surface area contributed by atoms with E-state index in [4.69, 9.17) is 0 Å².